The number of halogens is 3. The van der Waals surface area contributed by atoms with Gasteiger partial charge in [-0.15, -0.1) is 5.10 Å². The second-order valence-electron chi connectivity index (χ2n) is 7.12. The summed E-state index contributed by atoms with van der Waals surface area (Å²) in [5, 5.41) is 17.3. The molecule has 8 nitrogen and oxygen atoms in total. The summed E-state index contributed by atoms with van der Waals surface area (Å²) in [6, 6.07) is 19.6. The largest absolute Gasteiger partial charge is 0.416 e. The molecule has 2 N–H and O–H groups in total. The van der Waals surface area contributed by atoms with Gasteiger partial charge in [-0.1, -0.05) is 42.1 Å². The molecule has 1 heterocycles. The summed E-state index contributed by atoms with van der Waals surface area (Å²) in [5.74, 6) is -0.986. The lowest BCUT2D eigenvalue weighted by atomic mass is 10.1. The lowest BCUT2D eigenvalue weighted by Crippen LogP contribution is -2.18. The minimum Gasteiger partial charge on any atom is -0.324 e. The van der Waals surface area contributed by atoms with Gasteiger partial charge in [-0.25, -0.2) is 0 Å². The zero-order chi connectivity index (χ0) is 24.8. The van der Waals surface area contributed by atoms with E-state index in [9.17, 15) is 22.8 Å². The molecular weight excluding hydrogens is 481 g/mol. The van der Waals surface area contributed by atoms with E-state index in [-0.39, 0.29) is 17.2 Å². The lowest BCUT2D eigenvalue weighted by Gasteiger charge is -2.13. The molecule has 0 atom stereocenters. The first-order valence-corrected chi connectivity index (χ1v) is 11.1. The maximum atomic E-state index is 12.7. The van der Waals surface area contributed by atoms with Crippen LogP contribution >= 0.6 is 11.8 Å². The quantitative estimate of drug-likeness (QED) is 0.359. The average molecular weight is 498 g/mol. The van der Waals surface area contributed by atoms with Crippen molar-refractivity contribution in [2.45, 2.75) is 11.3 Å². The van der Waals surface area contributed by atoms with Crippen LogP contribution in [0.15, 0.2) is 84.0 Å². The van der Waals surface area contributed by atoms with Gasteiger partial charge in [0.2, 0.25) is 11.1 Å². The van der Waals surface area contributed by atoms with Crippen LogP contribution in [0.4, 0.5) is 24.5 Å². The molecule has 0 saturated heterocycles. The van der Waals surface area contributed by atoms with Gasteiger partial charge in [-0.3, -0.25) is 9.59 Å². The van der Waals surface area contributed by atoms with E-state index in [1.165, 1.54) is 4.68 Å². The van der Waals surface area contributed by atoms with Crippen molar-refractivity contribution in [1.29, 1.82) is 0 Å². The minimum atomic E-state index is -4.49. The number of aromatic nitrogens is 4. The Kier molecular flexibility index (Phi) is 7.11. The lowest BCUT2D eigenvalue weighted by molar-refractivity contribution is -0.137. The molecule has 12 heteroatoms. The highest BCUT2D eigenvalue weighted by Gasteiger charge is 2.30. The minimum absolute atomic E-state index is 0.00556. The first-order chi connectivity index (χ1) is 16.8. The summed E-state index contributed by atoms with van der Waals surface area (Å²) in [6.45, 7) is 0. The second kappa shape index (κ2) is 10.4. The Morgan fingerprint density at radius 1 is 0.857 bits per heavy atom. The maximum Gasteiger partial charge on any atom is 0.416 e. The van der Waals surface area contributed by atoms with E-state index in [1.807, 2.05) is 30.3 Å². The third-order valence-corrected chi connectivity index (χ3v) is 5.62. The topological polar surface area (TPSA) is 102 Å². The molecule has 0 saturated carbocycles. The van der Waals surface area contributed by atoms with Crippen molar-refractivity contribution in [3.05, 3.63) is 90.0 Å². The molecule has 178 valence electrons. The van der Waals surface area contributed by atoms with E-state index in [4.69, 9.17) is 0 Å². The fourth-order valence-electron chi connectivity index (χ4n) is 3.02. The van der Waals surface area contributed by atoms with Gasteiger partial charge in [0.05, 0.1) is 28.4 Å². The monoisotopic (exact) mass is 498 g/mol. The number of para-hydroxylation sites is 3. The summed E-state index contributed by atoms with van der Waals surface area (Å²) in [4.78, 5) is 25.1. The van der Waals surface area contributed by atoms with Crippen molar-refractivity contribution in [1.82, 2.24) is 20.2 Å². The standard InChI is InChI=1S/C23H17F3N6O2S/c24-23(25,26)16-12-10-15(11-13-16)21(34)28-19-9-5-4-8-18(19)27-20(33)14-35-22-29-30-31-32(22)17-6-2-1-3-7-17/h1-13H,14H2,(H,27,33)(H,28,34). The Hall–Kier alpha value is -4.19. The molecule has 4 aromatic rings. The smallest absolute Gasteiger partial charge is 0.324 e. The molecule has 35 heavy (non-hydrogen) atoms. The number of carbonyl (C=O) groups excluding carboxylic acids is 2. The van der Waals surface area contributed by atoms with Gasteiger partial charge in [0.15, 0.2) is 0 Å². The van der Waals surface area contributed by atoms with E-state index in [1.54, 1.807) is 24.3 Å². The van der Waals surface area contributed by atoms with Crippen LogP contribution in [-0.2, 0) is 11.0 Å². The number of alkyl halides is 3. The van der Waals surface area contributed by atoms with Gasteiger partial charge in [-0.2, -0.15) is 17.9 Å². The maximum absolute atomic E-state index is 12.7. The SMILES string of the molecule is O=C(CSc1nnnn1-c1ccccc1)Nc1ccccc1NC(=O)c1ccc(C(F)(F)F)cc1. The number of tetrazole rings is 1. The number of hydrogen-bond acceptors (Lipinski definition) is 6. The third kappa shape index (κ3) is 6.03. The second-order valence-corrected chi connectivity index (χ2v) is 8.06. The Balaban J connectivity index is 1.39. The fraction of sp³-hybridized carbons (Fsp3) is 0.0870. The van der Waals surface area contributed by atoms with E-state index in [0.717, 1.165) is 41.7 Å². The number of hydrogen-bond donors (Lipinski definition) is 2. The van der Waals surface area contributed by atoms with E-state index in [2.05, 4.69) is 26.2 Å². The molecule has 0 fully saturated rings. The van der Waals surface area contributed by atoms with Gasteiger partial charge in [-0.05, 0) is 59.0 Å². The molecule has 0 aliphatic rings. The number of carbonyl (C=O) groups is 2. The van der Waals surface area contributed by atoms with E-state index < -0.39 is 17.6 Å². The summed E-state index contributed by atoms with van der Waals surface area (Å²) < 4.78 is 39.8. The number of anilines is 2. The predicted molar refractivity (Wildman–Crippen MR) is 124 cm³/mol. The zero-order valence-electron chi connectivity index (χ0n) is 17.9. The van der Waals surface area contributed by atoms with Crippen LogP contribution < -0.4 is 10.6 Å². The van der Waals surface area contributed by atoms with Crippen molar-refractivity contribution in [2.75, 3.05) is 16.4 Å². The predicted octanol–water partition coefficient (Wildman–Crippen LogP) is 4.66. The van der Waals surface area contributed by atoms with Gasteiger partial charge in [0.1, 0.15) is 0 Å². The normalized spacial score (nSPS) is 11.2. The summed E-state index contributed by atoms with van der Waals surface area (Å²) in [5.41, 5.74) is 0.572. The van der Waals surface area contributed by atoms with Crippen LogP contribution in [0.1, 0.15) is 15.9 Å². The molecule has 4 rings (SSSR count). The van der Waals surface area contributed by atoms with Crippen molar-refractivity contribution in [3.8, 4) is 5.69 Å². The summed E-state index contributed by atoms with van der Waals surface area (Å²) in [6.07, 6.45) is -4.49. The van der Waals surface area contributed by atoms with Gasteiger partial charge in [0.25, 0.3) is 5.91 Å². The number of thioether (sulfide) groups is 1. The Morgan fingerprint density at radius 3 is 2.14 bits per heavy atom. The first kappa shape index (κ1) is 24.0. The van der Waals surface area contributed by atoms with Crippen LogP contribution in [-0.4, -0.2) is 37.8 Å². The van der Waals surface area contributed by atoms with Gasteiger partial charge < -0.3 is 10.6 Å². The number of rotatable bonds is 7. The molecule has 3 aromatic carbocycles. The van der Waals surface area contributed by atoms with Crippen LogP contribution in [0, 0.1) is 0 Å². The van der Waals surface area contributed by atoms with Crippen LogP contribution in [0.25, 0.3) is 5.69 Å². The molecular formula is C23H17F3N6O2S. The third-order valence-electron chi connectivity index (χ3n) is 4.70. The van der Waals surface area contributed by atoms with Crippen molar-refractivity contribution in [3.63, 3.8) is 0 Å². The van der Waals surface area contributed by atoms with E-state index in [0.29, 0.717) is 16.5 Å². The highest BCUT2D eigenvalue weighted by molar-refractivity contribution is 7.99. The highest BCUT2D eigenvalue weighted by Crippen LogP contribution is 2.29. The molecule has 0 radical (unpaired) electrons. The van der Waals surface area contributed by atoms with Crippen molar-refractivity contribution < 1.29 is 22.8 Å². The molecule has 0 aliphatic heterocycles. The molecule has 0 spiro atoms. The Morgan fingerprint density at radius 2 is 1.49 bits per heavy atom. The van der Waals surface area contributed by atoms with Crippen LogP contribution in [0.5, 0.6) is 0 Å². The molecule has 0 bridgehead atoms. The van der Waals surface area contributed by atoms with Crippen molar-refractivity contribution in [2.24, 2.45) is 0 Å². The molecule has 0 unspecified atom stereocenters. The molecule has 1 aromatic heterocycles. The number of benzene rings is 3. The van der Waals surface area contributed by atoms with E-state index >= 15 is 0 Å². The van der Waals surface area contributed by atoms with Gasteiger partial charge >= 0.3 is 6.18 Å². The summed E-state index contributed by atoms with van der Waals surface area (Å²) >= 11 is 1.13. The zero-order valence-corrected chi connectivity index (χ0v) is 18.7. The number of nitrogens with zero attached hydrogens (tertiary/aromatic N) is 4. The van der Waals surface area contributed by atoms with Crippen molar-refractivity contribution >= 4 is 35.0 Å². The highest BCUT2D eigenvalue weighted by atomic mass is 32.2. The Bertz CT molecular complexity index is 1330. The molecule has 2 amide bonds. The molecule has 0 aliphatic carbocycles. The number of nitrogens with one attached hydrogen (secondary N) is 2. The number of amides is 2. The van der Waals surface area contributed by atoms with Crippen LogP contribution in [0.2, 0.25) is 0 Å². The first-order valence-electron chi connectivity index (χ1n) is 10.2. The van der Waals surface area contributed by atoms with Crippen LogP contribution in [0.3, 0.4) is 0 Å². The average Bonchev–Trinajstić information content (AvgIpc) is 3.33. The fourth-order valence-corrected chi connectivity index (χ4v) is 3.71. The van der Waals surface area contributed by atoms with Gasteiger partial charge in [0, 0.05) is 5.56 Å². The Labute approximate surface area is 201 Å². The summed E-state index contributed by atoms with van der Waals surface area (Å²) in [7, 11) is 0.